The lowest BCUT2D eigenvalue weighted by atomic mass is 10.4. The average Bonchev–Trinajstić information content (AvgIpc) is 2.07. The van der Waals surface area contributed by atoms with Gasteiger partial charge in [-0.3, -0.25) is 0 Å². The topological polar surface area (TPSA) is 38.4 Å². The third-order valence-electron chi connectivity index (χ3n) is 1.17. The monoisotopic (exact) mass is 189 g/mol. The first-order chi connectivity index (χ1) is 6.18. The van der Waals surface area contributed by atoms with Gasteiger partial charge in [0.2, 0.25) is 0 Å². The number of hydrogen-bond acceptors (Lipinski definition) is 2. The second-order valence-corrected chi connectivity index (χ2v) is 2.36. The van der Waals surface area contributed by atoms with E-state index in [2.05, 4.69) is 11.3 Å². The molecule has 79 valence electrons. The van der Waals surface area contributed by atoms with Crippen molar-refractivity contribution in [3.05, 3.63) is 12.5 Å². The van der Waals surface area contributed by atoms with Gasteiger partial charge in [-0.15, -0.1) is 0 Å². The van der Waals surface area contributed by atoms with Gasteiger partial charge >= 0.3 is 5.95 Å². The highest BCUT2D eigenvalue weighted by Crippen LogP contribution is 1.92. The maximum atomic E-state index is 9.99. The maximum absolute atomic E-state index is 9.99. The first kappa shape index (κ1) is 14.8. The summed E-state index contributed by atoms with van der Waals surface area (Å²) in [6.07, 6.45) is 1.98. The Labute approximate surface area is 81.4 Å². The Hall–Kier alpha value is -0.700. The third-order valence-corrected chi connectivity index (χ3v) is 1.17. The first-order valence-electron chi connectivity index (χ1n) is 4.75. The Balaban J connectivity index is 0. The quantitative estimate of drug-likeness (QED) is 0.476. The van der Waals surface area contributed by atoms with Gasteiger partial charge in [-0.25, -0.2) is 5.11 Å². The highest BCUT2D eigenvalue weighted by atomic mass is 16.6. The fourth-order valence-corrected chi connectivity index (χ4v) is 0.534. The molecule has 0 aromatic rings. The summed E-state index contributed by atoms with van der Waals surface area (Å²) in [6.45, 7) is 11.3. The molecule has 3 nitrogen and oxygen atoms in total. The first-order valence-corrected chi connectivity index (χ1v) is 4.75. The van der Waals surface area contributed by atoms with Gasteiger partial charge in [0.05, 0.1) is 6.61 Å². The van der Waals surface area contributed by atoms with Crippen LogP contribution in [0.15, 0.2) is 12.5 Å². The van der Waals surface area contributed by atoms with Crippen molar-refractivity contribution in [3.8, 4) is 0 Å². The van der Waals surface area contributed by atoms with E-state index in [1.807, 2.05) is 20.8 Å². The zero-order chi connectivity index (χ0) is 10.5. The van der Waals surface area contributed by atoms with E-state index in [0.29, 0.717) is 6.61 Å². The minimum Gasteiger partial charge on any atom is -0.463 e. The summed E-state index contributed by atoms with van der Waals surface area (Å²) in [5.74, 6) is -0.432. The van der Waals surface area contributed by atoms with Gasteiger partial charge in [-0.1, -0.05) is 13.3 Å². The molecule has 0 spiro atoms. The summed E-state index contributed by atoms with van der Waals surface area (Å²) in [4.78, 5) is 0. The van der Waals surface area contributed by atoms with Gasteiger partial charge < -0.3 is 9.47 Å². The molecule has 0 atom stereocenters. The molecule has 0 aliphatic rings. The lowest BCUT2D eigenvalue weighted by molar-refractivity contribution is 0.0538. The number of hydrogen-bond donors (Lipinski definition) is 0. The maximum Gasteiger partial charge on any atom is 0.323 e. The van der Waals surface area contributed by atoms with Crippen molar-refractivity contribution in [3.63, 3.8) is 0 Å². The molecule has 0 saturated carbocycles. The van der Waals surface area contributed by atoms with E-state index in [1.165, 1.54) is 0 Å². The molecule has 0 heterocycles. The van der Waals surface area contributed by atoms with E-state index in [1.54, 1.807) is 0 Å². The van der Waals surface area contributed by atoms with Crippen LogP contribution in [0.2, 0.25) is 0 Å². The predicted octanol–water partition coefficient (Wildman–Crippen LogP) is 2.75. The van der Waals surface area contributed by atoms with Crippen molar-refractivity contribution in [2.75, 3.05) is 19.8 Å². The smallest absolute Gasteiger partial charge is 0.323 e. The summed E-state index contributed by atoms with van der Waals surface area (Å²) in [5, 5.41) is 9.99. The standard InChI is InChI=1S/C6H11O2.C4H10O/c1-3-4-5-8-6(2)7;1-3-5-4-2/h2-5H2,1H3;3-4H2,1-2H3. The van der Waals surface area contributed by atoms with Crippen LogP contribution in [0, 0.1) is 0 Å². The van der Waals surface area contributed by atoms with Gasteiger partial charge in [0.1, 0.15) is 0 Å². The Morgan fingerprint density at radius 1 is 1.23 bits per heavy atom. The zero-order valence-electron chi connectivity index (χ0n) is 8.97. The van der Waals surface area contributed by atoms with Crippen molar-refractivity contribution in [1.82, 2.24) is 0 Å². The van der Waals surface area contributed by atoms with Crippen molar-refractivity contribution in [1.29, 1.82) is 0 Å². The van der Waals surface area contributed by atoms with E-state index in [0.717, 1.165) is 26.1 Å². The van der Waals surface area contributed by atoms with Crippen molar-refractivity contribution in [2.24, 2.45) is 0 Å². The zero-order valence-corrected chi connectivity index (χ0v) is 8.97. The molecule has 0 fully saturated rings. The second-order valence-electron chi connectivity index (χ2n) is 2.36. The van der Waals surface area contributed by atoms with Gasteiger partial charge in [0, 0.05) is 13.2 Å². The average molecular weight is 189 g/mol. The van der Waals surface area contributed by atoms with Crippen LogP contribution in [0.1, 0.15) is 33.6 Å². The molecule has 0 aliphatic carbocycles. The molecular formula is C10H21O3. The number of rotatable bonds is 6. The second kappa shape index (κ2) is 13.9. The van der Waals surface area contributed by atoms with Crippen molar-refractivity contribution < 1.29 is 14.6 Å². The lowest BCUT2D eigenvalue weighted by Gasteiger charge is -1.96. The van der Waals surface area contributed by atoms with E-state index < -0.39 is 5.95 Å². The van der Waals surface area contributed by atoms with Crippen LogP contribution < -0.4 is 0 Å². The highest BCUT2D eigenvalue weighted by molar-refractivity contribution is 4.60. The van der Waals surface area contributed by atoms with E-state index in [-0.39, 0.29) is 0 Å². The van der Waals surface area contributed by atoms with Crippen molar-refractivity contribution >= 4 is 0 Å². The molecule has 0 N–H and O–H groups in total. The number of unbranched alkanes of at least 4 members (excludes halogenated alkanes) is 1. The largest absolute Gasteiger partial charge is 0.463 e. The van der Waals surface area contributed by atoms with Gasteiger partial charge in [-0.05, 0) is 26.8 Å². The summed E-state index contributed by atoms with van der Waals surface area (Å²) in [7, 11) is 0. The van der Waals surface area contributed by atoms with E-state index >= 15 is 0 Å². The predicted molar refractivity (Wildman–Crippen MR) is 52.9 cm³/mol. The van der Waals surface area contributed by atoms with Crippen LogP contribution in [0.25, 0.3) is 0 Å². The molecule has 1 radical (unpaired) electrons. The third kappa shape index (κ3) is 24.6. The van der Waals surface area contributed by atoms with Gasteiger partial charge in [0.15, 0.2) is 0 Å². The van der Waals surface area contributed by atoms with Crippen LogP contribution >= 0.6 is 0 Å². The molecule has 0 aliphatic heterocycles. The SMILES string of the molecule is C=C([O])OCCCC.CCOCC. The minimum atomic E-state index is -0.432. The van der Waals surface area contributed by atoms with Gasteiger partial charge in [-0.2, -0.15) is 0 Å². The van der Waals surface area contributed by atoms with Crippen molar-refractivity contribution in [2.45, 2.75) is 33.6 Å². The summed E-state index contributed by atoms with van der Waals surface area (Å²) in [5.41, 5.74) is 0. The molecule has 0 amide bonds. The lowest BCUT2D eigenvalue weighted by Crippen LogP contribution is -1.90. The van der Waals surface area contributed by atoms with Crippen LogP contribution in [0.4, 0.5) is 0 Å². The normalized spacial score (nSPS) is 8.54. The molecule has 0 aromatic carbocycles. The van der Waals surface area contributed by atoms with Crippen LogP contribution in [0.3, 0.4) is 0 Å². The molecule has 0 saturated heterocycles. The molecule has 0 unspecified atom stereocenters. The molecule has 3 heteroatoms. The summed E-state index contributed by atoms with van der Waals surface area (Å²) >= 11 is 0. The Kier molecular flexibility index (Phi) is 15.8. The fourth-order valence-electron chi connectivity index (χ4n) is 0.534. The summed E-state index contributed by atoms with van der Waals surface area (Å²) < 4.78 is 9.37. The van der Waals surface area contributed by atoms with Gasteiger partial charge in [0.25, 0.3) is 0 Å². The van der Waals surface area contributed by atoms with E-state index in [4.69, 9.17) is 4.74 Å². The number of ether oxygens (including phenoxy) is 2. The van der Waals surface area contributed by atoms with Crippen LogP contribution in [-0.4, -0.2) is 19.8 Å². The van der Waals surface area contributed by atoms with E-state index in [9.17, 15) is 5.11 Å². The Bertz CT molecular complexity index is 100. The molecule has 0 rings (SSSR count). The summed E-state index contributed by atoms with van der Waals surface area (Å²) in [6, 6.07) is 0. The molecule has 13 heavy (non-hydrogen) atoms. The van der Waals surface area contributed by atoms with Crippen LogP contribution in [-0.2, 0) is 14.6 Å². The highest BCUT2D eigenvalue weighted by Gasteiger charge is 1.87. The minimum absolute atomic E-state index is 0.432. The molecule has 0 bridgehead atoms. The van der Waals surface area contributed by atoms with Crippen LogP contribution in [0.5, 0.6) is 0 Å². The molecular weight excluding hydrogens is 168 g/mol. The Morgan fingerprint density at radius 2 is 1.77 bits per heavy atom. The fraction of sp³-hybridized carbons (Fsp3) is 0.800. The Morgan fingerprint density at radius 3 is 2.00 bits per heavy atom. The molecule has 0 aromatic heterocycles.